The first-order valence-corrected chi connectivity index (χ1v) is 7.98. The first-order valence-electron chi connectivity index (χ1n) is 7.98. The number of hydrogen-bond donors (Lipinski definition) is 0. The molecule has 1 heterocycles. The Labute approximate surface area is 133 Å². The lowest BCUT2D eigenvalue weighted by Crippen LogP contribution is -2.30. The third-order valence-corrected chi connectivity index (χ3v) is 3.61. The van der Waals surface area contributed by atoms with Crippen molar-refractivity contribution in [1.82, 2.24) is 14.8 Å². The average molecular weight is 305 g/mol. The number of amides is 2. The van der Waals surface area contributed by atoms with Crippen LogP contribution in [0.5, 0.6) is 0 Å². The summed E-state index contributed by atoms with van der Waals surface area (Å²) in [5.41, 5.74) is 0.842. The molecule has 1 aromatic rings. The van der Waals surface area contributed by atoms with Crippen molar-refractivity contribution in [3.8, 4) is 0 Å². The standard InChI is InChI=1S/C17H27N3O2/c1-5-7-11-19(3)16(21)14-9-10-18-15(13-14)17(22)20(4)12-8-6-2/h9-10,13H,5-8,11-12H2,1-4H3. The van der Waals surface area contributed by atoms with E-state index >= 15 is 0 Å². The van der Waals surface area contributed by atoms with E-state index in [9.17, 15) is 9.59 Å². The molecule has 0 saturated carbocycles. The number of carbonyl (C=O) groups is 2. The molecule has 0 aromatic carbocycles. The van der Waals surface area contributed by atoms with Gasteiger partial charge in [0.1, 0.15) is 5.69 Å². The highest BCUT2D eigenvalue weighted by Crippen LogP contribution is 2.08. The largest absolute Gasteiger partial charge is 0.342 e. The fourth-order valence-electron chi connectivity index (χ4n) is 2.09. The Hall–Kier alpha value is -1.91. The van der Waals surface area contributed by atoms with Gasteiger partial charge in [0.15, 0.2) is 0 Å². The summed E-state index contributed by atoms with van der Waals surface area (Å²) >= 11 is 0. The molecule has 1 rings (SSSR count). The maximum atomic E-state index is 12.3. The molecule has 0 radical (unpaired) electrons. The molecule has 0 N–H and O–H groups in total. The molecule has 122 valence electrons. The lowest BCUT2D eigenvalue weighted by atomic mass is 10.2. The van der Waals surface area contributed by atoms with E-state index in [1.165, 1.54) is 6.20 Å². The molecule has 0 saturated heterocycles. The zero-order valence-electron chi connectivity index (χ0n) is 14.1. The van der Waals surface area contributed by atoms with E-state index in [4.69, 9.17) is 0 Å². The van der Waals surface area contributed by atoms with Gasteiger partial charge in [-0.2, -0.15) is 0 Å². The van der Waals surface area contributed by atoms with Gasteiger partial charge >= 0.3 is 0 Å². The summed E-state index contributed by atoms with van der Waals surface area (Å²) in [5, 5.41) is 0. The second kappa shape index (κ2) is 9.18. The van der Waals surface area contributed by atoms with Crippen molar-refractivity contribution in [3.05, 3.63) is 29.6 Å². The highest BCUT2D eigenvalue weighted by Gasteiger charge is 2.17. The molecule has 1 aromatic heterocycles. The minimum absolute atomic E-state index is 0.0684. The molecule has 2 amide bonds. The first-order chi connectivity index (χ1) is 10.5. The molecule has 5 nitrogen and oxygen atoms in total. The van der Waals surface area contributed by atoms with Gasteiger partial charge in [-0.15, -0.1) is 0 Å². The number of carbonyl (C=O) groups excluding carboxylic acids is 2. The van der Waals surface area contributed by atoms with Gasteiger partial charge in [-0.3, -0.25) is 14.6 Å². The molecule has 0 aliphatic heterocycles. The van der Waals surface area contributed by atoms with Crippen LogP contribution >= 0.6 is 0 Å². The average Bonchev–Trinajstić information content (AvgIpc) is 2.56. The summed E-state index contributed by atoms with van der Waals surface area (Å²) in [6.45, 7) is 5.60. The summed E-state index contributed by atoms with van der Waals surface area (Å²) in [6, 6.07) is 3.25. The second-order valence-electron chi connectivity index (χ2n) is 5.59. The Morgan fingerprint density at radius 3 is 2.09 bits per heavy atom. The number of hydrogen-bond acceptors (Lipinski definition) is 3. The highest BCUT2D eigenvalue weighted by molar-refractivity contribution is 5.98. The van der Waals surface area contributed by atoms with Crippen molar-refractivity contribution in [1.29, 1.82) is 0 Å². The number of nitrogens with zero attached hydrogens (tertiary/aromatic N) is 3. The number of pyridine rings is 1. The topological polar surface area (TPSA) is 53.5 Å². The van der Waals surface area contributed by atoms with Gasteiger partial charge in [-0.25, -0.2) is 0 Å². The second-order valence-corrected chi connectivity index (χ2v) is 5.59. The molecule has 0 unspecified atom stereocenters. The quantitative estimate of drug-likeness (QED) is 0.742. The molecular formula is C17H27N3O2. The fraction of sp³-hybridized carbons (Fsp3) is 0.588. The maximum Gasteiger partial charge on any atom is 0.272 e. The monoisotopic (exact) mass is 305 g/mol. The minimum atomic E-state index is -0.140. The van der Waals surface area contributed by atoms with E-state index < -0.39 is 0 Å². The molecule has 22 heavy (non-hydrogen) atoms. The van der Waals surface area contributed by atoms with E-state index in [1.54, 1.807) is 36.0 Å². The van der Waals surface area contributed by atoms with Gasteiger partial charge in [0.05, 0.1) is 0 Å². The van der Waals surface area contributed by atoms with Gasteiger partial charge in [0.25, 0.3) is 11.8 Å². The Bertz CT molecular complexity index is 461. The summed E-state index contributed by atoms with van der Waals surface area (Å²) < 4.78 is 0. The third kappa shape index (κ3) is 5.13. The van der Waals surface area contributed by atoms with Gasteiger partial charge < -0.3 is 9.80 Å². The zero-order valence-corrected chi connectivity index (χ0v) is 14.1. The summed E-state index contributed by atoms with van der Waals surface area (Å²) in [5.74, 6) is -0.208. The van der Waals surface area contributed by atoms with Gasteiger partial charge in [-0.05, 0) is 25.0 Å². The SMILES string of the molecule is CCCCN(C)C(=O)c1ccnc(C(=O)N(C)CCCC)c1. The molecule has 0 atom stereocenters. The molecular weight excluding hydrogens is 278 g/mol. The minimum Gasteiger partial charge on any atom is -0.342 e. The van der Waals surface area contributed by atoms with Crippen LogP contribution in [-0.2, 0) is 0 Å². The van der Waals surface area contributed by atoms with Crippen LogP contribution in [0.4, 0.5) is 0 Å². The van der Waals surface area contributed by atoms with Crippen molar-refractivity contribution in [2.75, 3.05) is 27.2 Å². The molecule has 5 heteroatoms. The van der Waals surface area contributed by atoms with E-state index in [0.717, 1.165) is 32.2 Å². The number of aromatic nitrogens is 1. The Morgan fingerprint density at radius 1 is 1.00 bits per heavy atom. The lowest BCUT2D eigenvalue weighted by molar-refractivity contribution is 0.0786. The smallest absolute Gasteiger partial charge is 0.272 e. The van der Waals surface area contributed by atoms with Crippen molar-refractivity contribution >= 4 is 11.8 Å². The summed E-state index contributed by atoms with van der Waals surface area (Å²) in [6.07, 6.45) is 5.53. The molecule has 0 aliphatic rings. The van der Waals surface area contributed by atoms with Gasteiger partial charge in [-0.1, -0.05) is 26.7 Å². The Morgan fingerprint density at radius 2 is 1.55 bits per heavy atom. The predicted molar refractivity (Wildman–Crippen MR) is 88.0 cm³/mol. The summed E-state index contributed by atoms with van der Waals surface area (Å²) in [4.78, 5) is 32.1. The van der Waals surface area contributed by atoms with Crippen LogP contribution in [0.3, 0.4) is 0 Å². The normalized spacial score (nSPS) is 10.4. The van der Waals surface area contributed by atoms with Crippen LogP contribution in [-0.4, -0.2) is 53.8 Å². The van der Waals surface area contributed by atoms with Crippen molar-refractivity contribution < 1.29 is 9.59 Å². The number of unbranched alkanes of at least 4 members (excludes halogenated alkanes) is 2. The zero-order chi connectivity index (χ0) is 16.5. The van der Waals surface area contributed by atoms with Crippen LogP contribution in [0.15, 0.2) is 18.3 Å². The maximum absolute atomic E-state index is 12.3. The van der Waals surface area contributed by atoms with E-state index in [2.05, 4.69) is 18.8 Å². The Balaban J connectivity index is 2.80. The predicted octanol–water partition coefficient (Wildman–Crippen LogP) is 2.83. The van der Waals surface area contributed by atoms with Crippen molar-refractivity contribution in [2.24, 2.45) is 0 Å². The van der Waals surface area contributed by atoms with Crippen LogP contribution in [0, 0.1) is 0 Å². The van der Waals surface area contributed by atoms with Crippen molar-refractivity contribution in [2.45, 2.75) is 39.5 Å². The fourth-order valence-corrected chi connectivity index (χ4v) is 2.09. The lowest BCUT2D eigenvalue weighted by Gasteiger charge is -2.18. The van der Waals surface area contributed by atoms with Crippen LogP contribution < -0.4 is 0 Å². The Kier molecular flexibility index (Phi) is 7.57. The van der Waals surface area contributed by atoms with Crippen LogP contribution in [0.2, 0.25) is 0 Å². The van der Waals surface area contributed by atoms with E-state index in [0.29, 0.717) is 17.8 Å². The molecule has 0 spiro atoms. The molecule has 0 bridgehead atoms. The molecule has 0 aliphatic carbocycles. The third-order valence-electron chi connectivity index (χ3n) is 3.61. The van der Waals surface area contributed by atoms with Gasteiger partial charge in [0, 0.05) is 38.9 Å². The first kappa shape index (κ1) is 18.1. The van der Waals surface area contributed by atoms with Crippen LogP contribution in [0.25, 0.3) is 0 Å². The highest BCUT2D eigenvalue weighted by atomic mass is 16.2. The van der Waals surface area contributed by atoms with E-state index in [-0.39, 0.29) is 11.8 Å². The summed E-state index contributed by atoms with van der Waals surface area (Å²) in [7, 11) is 3.55. The van der Waals surface area contributed by atoms with Crippen molar-refractivity contribution in [3.63, 3.8) is 0 Å². The van der Waals surface area contributed by atoms with Gasteiger partial charge in [0.2, 0.25) is 0 Å². The number of rotatable bonds is 8. The molecule has 0 fully saturated rings. The van der Waals surface area contributed by atoms with E-state index in [1.807, 2.05) is 0 Å². The van der Waals surface area contributed by atoms with Crippen LogP contribution in [0.1, 0.15) is 60.4 Å².